The van der Waals surface area contributed by atoms with Gasteiger partial charge in [0.2, 0.25) is 0 Å². The van der Waals surface area contributed by atoms with Crippen LogP contribution in [0.1, 0.15) is 64.8 Å². The van der Waals surface area contributed by atoms with E-state index in [9.17, 15) is 4.79 Å². The van der Waals surface area contributed by atoms with Crippen LogP contribution in [0, 0.1) is 0 Å². The number of hydrogen-bond donors (Lipinski definition) is 1. The predicted molar refractivity (Wildman–Crippen MR) is 78.6 cm³/mol. The molecule has 0 atom stereocenters. The van der Waals surface area contributed by atoms with Crippen LogP contribution >= 0.6 is 0 Å². The van der Waals surface area contributed by atoms with Gasteiger partial charge >= 0.3 is 0 Å². The molecule has 1 heterocycles. The van der Waals surface area contributed by atoms with E-state index in [1.54, 1.807) is 17.0 Å². The minimum atomic E-state index is -0.000408. The Morgan fingerprint density at radius 1 is 1.21 bits per heavy atom. The number of hydrogen-bond acceptors (Lipinski definition) is 3. The van der Waals surface area contributed by atoms with Gasteiger partial charge in [-0.05, 0) is 26.7 Å². The molecular weight excluding hydrogens is 238 g/mol. The fourth-order valence-electron chi connectivity index (χ4n) is 2.72. The van der Waals surface area contributed by atoms with Crippen molar-refractivity contribution < 1.29 is 0 Å². The first-order valence-corrected chi connectivity index (χ1v) is 7.52. The van der Waals surface area contributed by atoms with Crippen molar-refractivity contribution in [1.29, 1.82) is 0 Å². The SMILES string of the molecule is CC(C)n1ccnc(NC2CCCCCCC2)c1=O. The summed E-state index contributed by atoms with van der Waals surface area (Å²) in [5.74, 6) is 0.516. The molecule has 0 spiro atoms. The van der Waals surface area contributed by atoms with E-state index in [1.807, 2.05) is 13.8 Å². The van der Waals surface area contributed by atoms with Crippen molar-refractivity contribution >= 4 is 5.82 Å². The Hall–Kier alpha value is -1.32. The highest BCUT2D eigenvalue weighted by molar-refractivity contribution is 5.32. The Kier molecular flexibility index (Phi) is 5.00. The minimum Gasteiger partial charge on any atom is -0.363 e. The van der Waals surface area contributed by atoms with Crippen LogP contribution in [-0.2, 0) is 0 Å². The fourth-order valence-corrected chi connectivity index (χ4v) is 2.72. The van der Waals surface area contributed by atoms with E-state index in [-0.39, 0.29) is 11.6 Å². The van der Waals surface area contributed by atoms with Crippen LogP contribution in [0.25, 0.3) is 0 Å². The summed E-state index contributed by atoms with van der Waals surface area (Å²) in [6.07, 6.45) is 12.3. The first kappa shape index (κ1) is 14.1. The average molecular weight is 263 g/mol. The number of anilines is 1. The van der Waals surface area contributed by atoms with E-state index in [0.29, 0.717) is 11.9 Å². The summed E-state index contributed by atoms with van der Waals surface area (Å²) in [5.41, 5.74) is -0.000408. The quantitative estimate of drug-likeness (QED) is 0.909. The number of aromatic nitrogens is 2. The Labute approximate surface area is 115 Å². The highest BCUT2D eigenvalue weighted by Gasteiger charge is 2.14. The normalized spacial score (nSPS) is 18.1. The standard InChI is InChI=1S/C15H25N3O/c1-12(2)18-11-10-16-14(15(18)19)17-13-8-6-4-3-5-7-9-13/h10-13H,3-9H2,1-2H3,(H,16,17). The van der Waals surface area contributed by atoms with Gasteiger partial charge in [0.05, 0.1) is 0 Å². The van der Waals surface area contributed by atoms with Crippen LogP contribution in [-0.4, -0.2) is 15.6 Å². The molecule has 1 aromatic heterocycles. The maximum Gasteiger partial charge on any atom is 0.293 e. The zero-order chi connectivity index (χ0) is 13.7. The van der Waals surface area contributed by atoms with Crippen LogP contribution in [0.5, 0.6) is 0 Å². The van der Waals surface area contributed by atoms with Crippen LogP contribution in [0.2, 0.25) is 0 Å². The summed E-state index contributed by atoms with van der Waals surface area (Å²) in [6, 6.07) is 0.580. The van der Waals surface area contributed by atoms with Crippen molar-refractivity contribution in [3.8, 4) is 0 Å². The lowest BCUT2D eigenvalue weighted by Crippen LogP contribution is -2.30. The maximum absolute atomic E-state index is 12.3. The van der Waals surface area contributed by atoms with Crippen LogP contribution in [0.4, 0.5) is 5.82 Å². The molecule has 1 aliphatic carbocycles. The maximum atomic E-state index is 12.3. The molecular formula is C15H25N3O. The third-order valence-corrected chi connectivity index (χ3v) is 3.87. The predicted octanol–water partition coefficient (Wildman–Crippen LogP) is 3.35. The molecule has 1 aliphatic rings. The van der Waals surface area contributed by atoms with Gasteiger partial charge in [0.25, 0.3) is 5.56 Å². The Morgan fingerprint density at radius 2 is 1.84 bits per heavy atom. The lowest BCUT2D eigenvalue weighted by atomic mass is 9.97. The minimum absolute atomic E-state index is 0.000408. The highest BCUT2D eigenvalue weighted by atomic mass is 16.1. The topological polar surface area (TPSA) is 46.9 Å². The van der Waals surface area contributed by atoms with E-state index in [1.165, 1.54) is 32.1 Å². The van der Waals surface area contributed by atoms with Crippen molar-refractivity contribution in [3.05, 3.63) is 22.7 Å². The summed E-state index contributed by atoms with van der Waals surface area (Å²) < 4.78 is 1.73. The molecule has 0 radical (unpaired) electrons. The molecule has 0 aromatic carbocycles. The largest absolute Gasteiger partial charge is 0.363 e. The summed E-state index contributed by atoms with van der Waals surface area (Å²) >= 11 is 0. The van der Waals surface area contributed by atoms with Crippen molar-refractivity contribution in [1.82, 2.24) is 9.55 Å². The highest BCUT2D eigenvalue weighted by Crippen LogP contribution is 2.19. The van der Waals surface area contributed by atoms with E-state index in [0.717, 1.165) is 12.8 Å². The van der Waals surface area contributed by atoms with Crippen molar-refractivity contribution in [2.45, 2.75) is 70.9 Å². The second-order valence-electron chi connectivity index (χ2n) is 5.77. The summed E-state index contributed by atoms with van der Waals surface area (Å²) in [7, 11) is 0. The molecule has 1 fully saturated rings. The van der Waals surface area contributed by atoms with Gasteiger partial charge in [-0.15, -0.1) is 0 Å². The zero-order valence-corrected chi connectivity index (χ0v) is 12.1. The number of nitrogens with one attached hydrogen (secondary N) is 1. The molecule has 1 aromatic rings. The number of rotatable bonds is 3. The van der Waals surface area contributed by atoms with E-state index < -0.39 is 0 Å². The molecule has 19 heavy (non-hydrogen) atoms. The molecule has 1 saturated carbocycles. The van der Waals surface area contributed by atoms with Crippen molar-refractivity contribution in [2.24, 2.45) is 0 Å². The summed E-state index contributed by atoms with van der Waals surface area (Å²) in [4.78, 5) is 16.5. The van der Waals surface area contributed by atoms with Gasteiger partial charge in [0.1, 0.15) is 0 Å². The van der Waals surface area contributed by atoms with E-state index in [4.69, 9.17) is 0 Å². The van der Waals surface area contributed by atoms with Gasteiger partial charge in [-0.3, -0.25) is 4.79 Å². The van der Waals surface area contributed by atoms with Gasteiger partial charge in [-0.2, -0.15) is 0 Å². The number of nitrogens with zero attached hydrogens (tertiary/aromatic N) is 2. The first-order chi connectivity index (χ1) is 9.18. The van der Waals surface area contributed by atoms with Gasteiger partial charge in [-0.1, -0.05) is 32.1 Å². The van der Waals surface area contributed by atoms with E-state index in [2.05, 4.69) is 10.3 Å². The second-order valence-corrected chi connectivity index (χ2v) is 5.77. The Balaban J connectivity index is 2.09. The molecule has 1 N–H and O–H groups in total. The lowest BCUT2D eigenvalue weighted by Gasteiger charge is -2.21. The molecule has 0 saturated heterocycles. The Morgan fingerprint density at radius 3 is 2.47 bits per heavy atom. The molecule has 0 unspecified atom stereocenters. The molecule has 4 nitrogen and oxygen atoms in total. The monoisotopic (exact) mass is 263 g/mol. The van der Waals surface area contributed by atoms with Crippen LogP contribution < -0.4 is 10.9 Å². The zero-order valence-electron chi connectivity index (χ0n) is 12.1. The van der Waals surface area contributed by atoms with Crippen molar-refractivity contribution in [2.75, 3.05) is 5.32 Å². The summed E-state index contributed by atoms with van der Waals surface area (Å²) in [6.45, 7) is 4.03. The van der Waals surface area contributed by atoms with Crippen LogP contribution in [0.3, 0.4) is 0 Å². The summed E-state index contributed by atoms with van der Waals surface area (Å²) in [5, 5.41) is 3.37. The first-order valence-electron chi connectivity index (χ1n) is 7.52. The molecule has 4 heteroatoms. The molecule has 0 amide bonds. The smallest absolute Gasteiger partial charge is 0.293 e. The Bertz CT molecular complexity index is 445. The second kappa shape index (κ2) is 6.73. The fraction of sp³-hybridized carbons (Fsp3) is 0.733. The van der Waals surface area contributed by atoms with Gasteiger partial charge in [0, 0.05) is 24.5 Å². The molecule has 0 bridgehead atoms. The van der Waals surface area contributed by atoms with Gasteiger partial charge in [0.15, 0.2) is 5.82 Å². The molecule has 2 rings (SSSR count). The molecule has 106 valence electrons. The third kappa shape index (κ3) is 3.82. The van der Waals surface area contributed by atoms with Crippen molar-refractivity contribution in [3.63, 3.8) is 0 Å². The van der Waals surface area contributed by atoms with E-state index >= 15 is 0 Å². The van der Waals surface area contributed by atoms with Gasteiger partial charge < -0.3 is 9.88 Å². The third-order valence-electron chi connectivity index (χ3n) is 3.87. The van der Waals surface area contributed by atoms with Crippen LogP contribution in [0.15, 0.2) is 17.2 Å². The lowest BCUT2D eigenvalue weighted by molar-refractivity contribution is 0.469. The van der Waals surface area contributed by atoms with Gasteiger partial charge in [-0.25, -0.2) is 4.98 Å². The average Bonchev–Trinajstić information content (AvgIpc) is 2.34. The molecule has 0 aliphatic heterocycles.